The van der Waals surface area contributed by atoms with Gasteiger partial charge in [-0.1, -0.05) is 17.7 Å². The average molecular weight is 107 g/mol. The summed E-state index contributed by atoms with van der Waals surface area (Å²) < 4.78 is 0. The molecule has 2 heteroatoms. The van der Waals surface area contributed by atoms with Gasteiger partial charge in [0.05, 0.1) is 0 Å². The van der Waals surface area contributed by atoms with Crippen LogP contribution in [0, 0.1) is 0 Å². The molecule has 0 radical (unpaired) electrons. The largest absolute Gasteiger partial charge is 0.374 e. The number of aliphatic hydroxyl groups is 1. The maximum Gasteiger partial charge on any atom is 0.146 e. The molecule has 0 amide bonds. The van der Waals surface area contributed by atoms with Gasteiger partial charge in [-0.2, -0.15) is 0 Å². The zero-order chi connectivity index (χ0) is 4.99. The van der Waals surface area contributed by atoms with E-state index in [1.165, 1.54) is 6.08 Å². The quantitative estimate of drug-likeness (QED) is 0.392. The summed E-state index contributed by atoms with van der Waals surface area (Å²) in [6, 6.07) is 0. The molecule has 0 aliphatic heterocycles. The number of allylic oxidation sites excluding steroid dienone is 1. The topological polar surface area (TPSA) is 20.2 Å². The first-order valence-corrected chi connectivity index (χ1v) is 2.16. The number of hydrogen-bond donors (Lipinski definition) is 1. The van der Waals surface area contributed by atoms with E-state index >= 15 is 0 Å². The number of hydrogen-bond acceptors (Lipinski definition) is 1. The lowest BCUT2D eigenvalue weighted by Crippen LogP contribution is -1.84. The minimum atomic E-state index is -0.810. The zero-order valence-corrected chi connectivity index (χ0v) is 4.31. The molecular weight excluding hydrogens is 99.5 g/mol. The molecule has 6 heavy (non-hydrogen) atoms. The normalized spacial score (nSPS) is 15.8. The van der Waals surface area contributed by atoms with Crippen LogP contribution in [0.1, 0.15) is 6.92 Å². The van der Waals surface area contributed by atoms with E-state index in [0.717, 1.165) is 0 Å². The summed E-state index contributed by atoms with van der Waals surface area (Å²) in [4.78, 5) is 0. The number of rotatable bonds is 1. The van der Waals surface area contributed by atoms with E-state index in [1.54, 1.807) is 13.0 Å². The lowest BCUT2D eigenvalue weighted by molar-refractivity contribution is 0.303. The molecule has 0 aliphatic rings. The van der Waals surface area contributed by atoms with E-state index in [4.69, 9.17) is 16.7 Å². The van der Waals surface area contributed by atoms with Crippen LogP contribution < -0.4 is 0 Å². The van der Waals surface area contributed by atoms with Crippen molar-refractivity contribution in [2.75, 3.05) is 0 Å². The molecule has 0 aromatic heterocycles. The van der Waals surface area contributed by atoms with E-state index in [9.17, 15) is 0 Å². The van der Waals surface area contributed by atoms with E-state index in [1.807, 2.05) is 0 Å². The van der Waals surface area contributed by atoms with Gasteiger partial charge in [0, 0.05) is 0 Å². The predicted octanol–water partition coefficient (Wildman–Crippen LogP) is 1.12. The summed E-state index contributed by atoms with van der Waals surface area (Å²) in [6.45, 7) is 1.80. The molecule has 0 saturated heterocycles. The minimum Gasteiger partial charge on any atom is -0.374 e. The van der Waals surface area contributed by atoms with Crippen molar-refractivity contribution in [1.29, 1.82) is 0 Å². The summed E-state index contributed by atoms with van der Waals surface area (Å²) in [5.41, 5.74) is -0.810. The Balaban J connectivity index is 3.03. The van der Waals surface area contributed by atoms with E-state index < -0.39 is 5.56 Å². The Morgan fingerprint density at radius 2 is 2.33 bits per heavy atom. The van der Waals surface area contributed by atoms with Crippen LogP contribution in [-0.2, 0) is 0 Å². The van der Waals surface area contributed by atoms with Crippen LogP contribution in [0.4, 0.5) is 0 Å². The fraction of sp³-hybridized carbons (Fsp3) is 0.500. The second kappa shape index (κ2) is 3.19. The second-order valence-electron chi connectivity index (χ2n) is 0.898. The van der Waals surface area contributed by atoms with Crippen LogP contribution in [0.2, 0.25) is 0 Å². The van der Waals surface area contributed by atoms with Crippen molar-refractivity contribution in [3.63, 3.8) is 0 Å². The first-order chi connectivity index (χ1) is 2.77. The Bertz CT molecular complexity index is 49.5. The monoisotopic (exact) mass is 106 g/mol. The molecule has 0 aliphatic carbocycles. The molecule has 0 bridgehead atoms. The SMILES string of the molecule is C/C=C/C(O)Cl. The molecule has 36 valence electrons. The zero-order valence-electron chi connectivity index (χ0n) is 3.56. The van der Waals surface area contributed by atoms with Crippen LogP contribution in [0.25, 0.3) is 0 Å². The third kappa shape index (κ3) is 3.99. The van der Waals surface area contributed by atoms with Crippen LogP contribution in [0.15, 0.2) is 12.2 Å². The highest BCUT2D eigenvalue weighted by Gasteiger charge is 1.81. The highest BCUT2D eigenvalue weighted by atomic mass is 35.5. The molecule has 0 rings (SSSR count). The standard InChI is InChI=1S/C4H7ClO/c1-2-3-4(5)6/h2-4,6H,1H3/b3-2+. The lowest BCUT2D eigenvalue weighted by atomic mass is 10.6. The molecule has 0 saturated carbocycles. The maximum absolute atomic E-state index is 8.23. The Labute approximate surface area is 42.2 Å². The summed E-state index contributed by atoms with van der Waals surface area (Å²) in [5, 5.41) is 8.23. The van der Waals surface area contributed by atoms with Crippen molar-refractivity contribution in [2.45, 2.75) is 12.5 Å². The molecule has 1 N–H and O–H groups in total. The van der Waals surface area contributed by atoms with E-state index in [-0.39, 0.29) is 0 Å². The summed E-state index contributed by atoms with van der Waals surface area (Å²) >= 11 is 5.05. The van der Waals surface area contributed by atoms with Gasteiger partial charge in [0.2, 0.25) is 0 Å². The van der Waals surface area contributed by atoms with Gasteiger partial charge in [-0.3, -0.25) is 0 Å². The van der Waals surface area contributed by atoms with Crippen molar-refractivity contribution in [3.05, 3.63) is 12.2 Å². The fourth-order valence-electron chi connectivity index (χ4n) is 0.159. The van der Waals surface area contributed by atoms with Crippen molar-refractivity contribution in [2.24, 2.45) is 0 Å². The third-order valence-electron chi connectivity index (χ3n) is 0.351. The lowest BCUT2D eigenvalue weighted by Gasteiger charge is -1.84. The molecule has 0 aromatic carbocycles. The van der Waals surface area contributed by atoms with Gasteiger partial charge in [0.1, 0.15) is 5.56 Å². The summed E-state index contributed by atoms with van der Waals surface area (Å²) in [7, 11) is 0. The van der Waals surface area contributed by atoms with Gasteiger partial charge in [-0.05, 0) is 13.0 Å². The van der Waals surface area contributed by atoms with Gasteiger partial charge >= 0.3 is 0 Å². The van der Waals surface area contributed by atoms with E-state index in [2.05, 4.69) is 0 Å². The van der Waals surface area contributed by atoms with Crippen LogP contribution in [0.5, 0.6) is 0 Å². The van der Waals surface area contributed by atoms with Crippen LogP contribution in [0.3, 0.4) is 0 Å². The van der Waals surface area contributed by atoms with Gasteiger partial charge in [0.25, 0.3) is 0 Å². The van der Waals surface area contributed by atoms with Crippen LogP contribution in [-0.4, -0.2) is 10.7 Å². The Morgan fingerprint density at radius 3 is 2.33 bits per heavy atom. The number of aliphatic hydroxyl groups excluding tert-OH is 1. The predicted molar refractivity (Wildman–Crippen MR) is 26.7 cm³/mol. The molecule has 0 heterocycles. The smallest absolute Gasteiger partial charge is 0.146 e. The molecule has 1 atom stereocenters. The molecule has 1 unspecified atom stereocenters. The summed E-state index contributed by atoms with van der Waals surface area (Å²) in [6.07, 6.45) is 3.18. The molecule has 0 spiro atoms. The number of halogens is 1. The average Bonchev–Trinajstić information content (AvgIpc) is 1.35. The Morgan fingerprint density at radius 1 is 1.83 bits per heavy atom. The minimum absolute atomic E-state index is 0.810. The van der Waals surface area contributed by atoms with Crippen molar-refractivity contribution in [1.82, 2.24) is 0 Å². The van der Waals surface area contributed by atoms with Crippen LogP contribution >= 0.6 is 11.6 Å². The first-order valence-electron chi connectivity index (χ1n) is 1.72. The Hall–Kier alpha value is -0.0100. The van der Waals surface area contributed by atoms with Crippen molar-refractivity contribution < 1.29 is 5.11 Å². The van der Waals surface area contributed by atoms with E-state index in [0.29, 0.717) is 0 Å². The van der Waals surface area contributed by atoms with Gasteiger partial charge < -0.3 is 5.11 Å². The first kappa shape index (κ1) is 5.99. The number of alkyl halides is 1. The van der Waals surface area contributed by atoms with Gasteiger partial charge in [-0.25, -0.2) is 0 Å². The Kier molecular flexibility index (Phi) is 3.19. The maximum atomic E-state index is 8.23. The highest BCUT2D eigenvalue weighted by molar-refractivity contribution is 6.20. The molecule has 1 nitrogen and oxygen atoms in total. The molecular formula is C4H7ClO. The molecule has 0 fully saturated rings. The highest BCUT2D eigenvalue weighted by Crippen LogP contribution is 1.88. The van der Waals surface area contributed by atoms with Crippen molar-refractivity contribution >= 4 is 11.6 Å². The third-order valence-corrected chi connectivity index (χ3v) is 0.497. The molecule has 0 aromatic rings. The van der Waals surface area contributed by atoms with Gasteiger partial charge in [0.15, 0.2) is 0 Å². The fourth-order valence-corrected chi connectivity index (χ4v) is 0.304. The van der Waals surface area contributed by atoms with Crippen molar-refractivity contribution in [3.8, 4) is 0 Å². The van der Waals surface area contributed by atoms with Gasteiger partial charge in [-0.15, -0.1) is 0 Å². The summed E-state index contributed by atoms with van der Waals surface area (Å²) in [5.74, 6) is 0. The second-order valence-corrected chi connectivity index (χ2v) is 1.35.